The highest BCUT2D eigenvalue weighted by atomic mass is 16.6. The van der Waals surface area contributed by atoms with Crippen LogP contribution in [0, 0.1) is 12.3 Å². The largest absolute Gasteiger partial charge is 0.444 e. The van der Waals surface area contributed by atoms with Crippen molar-refractivity contribution >= 4 is 6.09 Å². The van der Waals surface area contributed by atoms with Gasteiger partial charge in [0.2, 0.25) is 0 Å². The minimum absolute atomic E-state index is 0.0919. The molecule has 0 saturated heterocycles. The number of unbranched alkanes of at least 4 members (excludes halogenated alkanes) is 2. The number of ether oxygens (including phenoxy) is 1. The maximum atomic E-state index is 12.2. The third-order valence-corrected chi connectivity index (χ3v) is 2.72. The number of hydrogen-bond donors (Lipinski definition) is 0. The molecule has 0 bridgehead atoms. The van der Waals surface area contributed by atoms with Gasteiger partial charge in [-0.1, -0.05) is 24.5 Å². The third kappa shape index (κ3) is 7.68. The van der Waals surface area contributed by atoms with Crippen molar-refractivity contribution < 1.29 is 9.53 Å². The van der Waals surface area contributed by atoms with Crippen molar-refractivity contribution in [2.75, 3.05) is 6.54 Å². The van der Waals surface area contributed by atoms with E-state index in [1.165, 1.54) is 0 Å². The Balaban J connectivity index is 4.66. The van der Waals surface area contributed by atoms with Gasteiger partial charge in [-0.2, -0.15) is 0 Å². The Morgan fingerprint density at radius 2 is 2.05 bits per heavy atom. The Morgan fingerprint density at radius 1 is 1.40 bits per heavy atom. The van der Waals surface area contributed by atoms with Gasteiger partial charge in [0, 0.05) is 0 Å². The van der Waals surface area contributed by atoms with E-state index in [2.05, 4.69) is 19.1 Å². The van der Waals surface area contributed by atoms with Crippen LogP contribution in [0.2, 0.25) is 0 Å². The Kier molecular flexibility index (Phi) is 8.47. The lowest BCUT2D eigenvalue weighted by Gasteiger charge is -2.30. The lowest BCUT2D eigenvalue weighted by molar-refractivity contribution is 0.0221. The SMILES string of the molecule is C#CCN(C(=O)OC(C)(C)C)C(C=C)CCCCC=C. The van der Waals surface area contributed by atoms with Crippen LogP contribution in [0.15, 0.2) is 25.3 Å². The number of rotatable bonds is 8. The number of hydrogen-bond acceptors (Lipinski definition) is 2. The van der Waals surface area contributed by atoms with Crippen LogP contribution in [0.1, 0.15) is 46.5 Å². The van der Waals surface area contributed by atoms with Gasteiger partial charge in [-0.15, -0.1) is 19.6 Å². The summed E-state index contributed by atoms with van der Waals surface area (Å²) in [4.78, 5) is 13.7. The lowest BCUT2D eigenvalue weighted by Crippen LogP contribution is -2.42. The van der Waals surface area contributed by atoms with E-state index < -0.39 is 5.60 Å². The number of nitrogens with zero attached hydrogens (tertiary/aromatic N) is 1. The fraction of sp³-hybridized carbons (Fsp3) is 0.588. The molecule has 1 unspecified atom stereocenters. The molecule has 0 aliphatic rings. The Labute approximate surface area is 123 Å². The number of carbonyl (C=O) groups is 1. The molecule has 0 rings (SSSR count). The summed E-state index contributed by atoms with van der Waals surface area (Å²) in [5, 5.41) is 0. The summed E-state index contributed by atoms with van der Waals surface area (Å²) < 4.78 is 5.39. The quantitative estimate of drug-likeness (QED) is 0.379. The van der Waals surface area contributed by atoms with Gasteiger partial charge < -0.3 is 4.74 Å². The molecule has 1 amide bonds. The smallest absolute Gasteiger partial charge is 0.411 e. The molecule has 112 valence electrons. The summed E-state index contributed by atoms with van der Waals surface area (Å²) in [7, 11) is 0. The molecular weight excluding hydrogens is 250 g/mol. The van der Waals surface area contributed by atoms with Crippen LogP contribution in [-0.2, 0) is 4.74 Å². The zero-order valence-corrected chi connectivity index (χ0v) is 13.0. The number of allylic oxidation sites excluding steroid dienone is 1. The van der Waals surface area contributed by atoms with Gasteiger partial charge in [-0.05, 0) is 40.0 Å². The summed E-state index contributed by atoms with van der Waals surface area (Å²) >= 11 is 0. The average Bonchev–Trinajstić information content (AvgIpc) is 2.35. The highest BCUT2D eigenvalue weighted by Crippen LogP contribution is 2.16. The topological polar surface area (TPSA) is 29.5 Å². The van der Waals surface area contributed by atoms with Gasteiger partial charge in [0.15, 0.2) is 0 Å². The van der Waals surface area contributed by atoms with Crippen LogP contribution in [0.3, 0.4) is 0 Å². The van der Waals surface area contributed by atoms with Gasteiger partial charge in [-0.25, -0.2) is 4.79 Å². The van der Waals surface area contributed by atoms with E-state index in [0.717, 1.165) is 25.7 Å². The molecule has 0 spiro atoms. The van der Waals surface area contributed by atoms with Crippen LogP contribution in [-0.4, -0.2) is 29.2 Å². The van der Waals surface area contributed by atoms with Crippen LogP contribution in [0.4, 0.5) is 4.79 Å². The van der Waals surface area contributed by atoms with E-state index in [1.807, 2.05) is 26.8 Å². The molecular formula is C17H27NO2. The standard InChI is InChI=1S/C17H27NO2/c1-7-10-11-12-13-15(9-3)18(14-8-2)16(19)20-17(4,5)6/h2,7,9,15H,1,3,10-14H2,4-6H3. The van der Waals surface area contributed by atoms with E-state index in [0.29, 0.717) is 0 Å². The van der Waals surface area contributed by atoms with Crippen molar-refractivity contribution in [1.29, 1.82) is 0 Å². The maximum absolute atomic E-state index is 12.2. The molecule has 0 aromatic rings. The van der Waals surface area contributed by atoms with Crippen molar-refractivity contribution in [2.45, 2.75) is 58.1 Å². The molecule has 0 fully saturated rings. The molecule has 3 nitrogen and oxygen atoms in total. The molecule has 1 atom stereocenters. The van der Waals surface area contributed by atoms with Crippen LogP contribution in [0.5, 0.6) is 0 Å². The summed E-state index contributed by atoms with van der Waals surface area (Å²) in [5.41, 5.74) is -0.529. The average molecular weight is 277 g/mol. The van der Waals surface area contributed by atoms with Gasteiger partial charge in [0.25, 0.3) is 0 Å². The third-order valence-electron chi connectivity index (χ3n) is 2.72. The monoisotopic (exact) mass is 277 g/mol. The molecule has 20 heavy (non-hydrogen) atoms. The Bertz CT molecular complexity index is 360. The van der Waals surface area contributed by atoms with Crippen molar-refractivity contribution in [2.24, 2.45) is 0 Å². The number of amides is 1. The maximum Gasteiger partial charge on any atom is 0.411 e. The fourth-order valence-electron chi connectivity index (χ4n) is 1.78. The molecule has 0 aromatic heterocycles. The lowest BCUT2D eigenvalue weighted by atomic mass is 10.1. The van der Waals surface area contributed by atoms with E-state index in [-0.39, 0.29) is 18.7 Å². The van der Waals surface area contributed by atoms with Crippen LogP contribution >= 0.6 is 0 Å². The van der Waals surface area contributed by atoms with Gasteiger partial charge in [0.1, 0.15) is 5.60 Å². The summed E-state index contributed by atoms with van der Waals surface area (Å²) in [6.07, 6.45) is 12.5. The first-order valence-corrected chi connectivity index (χ1v) is 7.02. The van der Waals surface area contributed by atoms with E-state index in [4.69, 9.17) is 11.2 Å². The molecule has 0 saturated carbocycles. The van der Waals surface area contributed by atoms with E-state index in [9.17, 15) is 4.79 Å². The van der Waals surface area contributed by atoms with E-state index >= 15 is 0 Å². The normalized spacial score (nSPS) is 12.1. The second-order valence-corrected chi connectivity index (χ2v) is 5.69. The first-order valence-electron chi connectivity index (χ1n) is 7.02. The minimum atomic E-state index is -0.529. The highest BCUT2D eigenvalue weighted by Gasteiger charge is 2.25. The zero-order valence-electron chi connectivity index (χ0n) is 13.0. The minimum Gasteiger partial charge on any atom is -0.444 e. The molecule has 3 heteroatoms. The fourth-order valence-corrected chi connectivity index (χ4v) is 1.78. The molecule has 0 aliphatic carbocycles. The Morgan fingerprint density at radius 3 is 2.50 bits per heavy atom. The van der Waals surface area contributed by atoms with Crippen molar-refractivity contribution in [3.63, 3.8) is 0 Å². The van der Waals surface area contributed by atoms with Gasteiger partial charge in [-0.3, -0.25) is 4.90 Å². The van der Waals surface area contributed by atoms with Crippen molar-refractivity contribution in [1.82, 2.24) is 4.90 Å². The predicted octanol–water partition coefficient (Wildman–Crippen LogP) is 4.16. The number of carbonyl (C=O) groups excluding carboxylic acids is 1. The molecule has 0 heterocycles. The Hall–Kier alpha value is -1.69. The molecule has 0 radical (unpaired) electrons. The summed E-state index contributed by atoms with van der Waals surface area (Å²) in [6, 6.07) is -0.0919. The second-order valence-electron chi connectivity index (χ2n) is 5.69. The highest BCUT2D eigenvalue weighted by molar-refractivity contribution is 5.69. The first-order chi connectivity index (χ1) is 9.35. The molecule has 0 aliphatic heterocycles. The van der Waals surface area contributed by atoms with Crippen molar-refractivity contribution in [3.8, 4) is 12.3 Å². The summed E-state index contributed by atoms with van der Waals surface area (Å²) in [5.74, 6) is 2.51. The van der Waals surface area contributed by atoms with Crippen molar-refractivity contribution in [3.05, 3.63) is 25.3 Å². The molecule has 0 aromatic carbocycles. The molecule has 0 N–H and O–H groups in total. The van der Waals surface area contributed by atoms with Gasteiger partial charge in [0.05, 0.1) is 12.6 Å². The summed E-state index contributed by atoms with van der Waals surface area (Å²) in [6.45, 7) is 13.3. The first kappa shape index (κ1) is 18.3. The van der Waals surface area contributed by atoms with Crippen LogP contribution < -0.4 is 0 Å². The van der Waals surface area contributed by atoms with E-state index in [1.54, 1.807) is 11.0 Å². The zero-order chi connectivity index (χ0) is 15.6. The van der Waals surface area contributed by atoms with Gasteiger partial charge >= 0.3 is 6.09 Å². The predicted molar refractivity (Wildman–Crippen MR) is 84.4 cm³/mol. The second kappa shape index (κ2) is 9.25. The number of terminal acetylenes is 1. The van der Waals surface area contributed by atoms with Crippen LogP contribution in [0.25, 0.3) is 0 Å².